The van der Waals surface area contributed by atoms with E-state index in [9.17, 15) is 0 Å². The van der Waals surface area contributed by atoms with Crippen molar-refractivity contribution in [3.05, 3.63) is 19.1 Å². The number of allylic oxidation sites excluding steroid dienone is 2. The molecule has 21 heavy (non-hydrogen) atoms. The average Bonchev–Trinajstić information content (AvgIpc) is 2.39. The fourth-order valence-corrected chi connectivity index (χ4v) is 5.79. The van der Waals surface area contributed by atoms with Gasteiger partial charge < -0.3 is 0 Å². The Morgan fingerprint density at radius 1 is 0.952 bits per heavy atom. The molecule has 0 N–H and O–H groups in total. The molecule has 0 rings (SSSR count). The Morgan fingerprint density at radius 2 is 1.33 bits per heavy atom. The molecule has 0 aliphatic carbocycles. The van der Waals surface area contributed by atoms with Crippen LogP contribution in [0.15, 0.2) is 19.1 Å². The highest BCUT2D eigenvalue weighted by Gasteiger charge is 2.39. The second kappa shape index (κ2) is 11.5. The van der Waals surface area contributed by atoms with Crippen LogP contribution in [0.4, 0.5) is 0 Å². The quantitative estimate of drug-likeness (QED) is 0.158. The topological polar surface area (TPSA) is 0 Å². The molecule has 0 aromatic carbocycles. The summed E-state index contributed by atoms with van der Waals surface area (Å²) in [5.41, 5.74) is 0. The summed E-state index contributed by atoms with van der Waals surface area (Å²) in [5, 5.41) is 0.304. The Bertz CT molecular complexity index is 319. The molecule has 0 aromatic heterocycles. The summed E-state index contributed by atoms with van der Waals surface area (Å²) in [5.74, 6) is 0.677. The van der Waals surface area contributed by atoms with E-state index in [1.807, 2.05) is 0 Å². The van der Waals surface area contributed by atoms with Gasteiger partial charge in [0.25, 0.3) is 0 Å². The first-order valence-corrected chi connectivity index (χ1v) is 10.7. The van der Waals surface area contributed by atoms with Gasteiger partial charge in [-0.2, -0.15) is 0 Å². The summed E-state index contributed by atoms with van der Waals surface area (Å²) in [6.45, 7) is 14.7. The summed E-state index contributed by atoms with van der Waals surface area (Å²) in [7, 11) is 0. The third kappa shape index (κ3) is 7.89. The molecule has 0 aromatic rings. The second-order valence-electron chi connectivity index (χ2n) is 6.87. The van der Waals surface area contributed by atoms with E-state index in [2.05, 4.69) is 98.9 Å². The first kappa shape index (κ1) is 22.0. The molecule has 0 heterocycles. The van der Waals surface area contributed by atoms with Gasteiger partial charge in [0, 0.05) is 0 Å². The lowest BCUT2D eigenvalue weighted by atomic mass is 9.31. The monoisotopic (exact) mass is 514 g/mol. The lowest BCUT2D eigenvalue weighted by molar-refractivity contribution is 0.471. The van der Waals surface area contributed by atoms with Gasteiger partial charge in [0.1, 0.15) is 0 Å². The van der Waals surface area contributed by atoms with E-state index >= 15 is 0 Å². The van der Waals surface area contributed by atoms with Crippen LogP contribution >= 0.6 is 45.2 Å². The van der Waals surface area contributed by atoms with Crippen LogP contribution in [0.2, 0.25) is 5.31 Å². The molecule has 0 nitrogen and oxygen atoms in total. The Hall–Kier alpha value is 1.00. The van der Waals surface area contributed by atoms with Gasteiger partial charge in [-0.05, 0) is 31.0 Å². The maximum absolute atomic E-state index is 2.59. The maximum Gasteiger partial charge on any atom is 0.230 e. The fraction of sp³-hybridized carbons (Fsp3) is 0.778. The van der Waals surface area contributed by atoms with E-state index in [-0.39, 0.29) is 0 Å². The zero-order chi connectivity index (χ0) is 16.5. The average molecular weight is 514 g/mol. The highest BCUT2D eigenvalue weighted by molar-refractivity contribution is 14.1. The van der Waals surface area contributed by atoms with Gasteiger partial charge >= 0.3 is 0 Å². The first-order chi connectivity index (χ1) is 9.78. The van der Waals surface area contributed by atoms with E-state index in [1.54, 1.807) is 0 Å². The van der Waals surface area contributed by atoms with Crippen LogP contribution in [0.1, 0.15) is 80.1 Å². The predicted molar refractivity (Wildman–Crippen MR) is 118 cm³/mol. The fourth-order valence-electron chi connectivity index (χ4n) is 2.30. The molecule has 0 spiro atoms. The van der Waals surface area contributed by atoms with E-state index in [4.69, 9.17) is 0 Å². The highest BCUT2D eigenvalue weighted by Crippen LogP contribution is 2.46. The molecular formula is C18H33BI2. The minimum Gasteiger partial charge on any atom is -0.0837 e. The molecule has 0 radical (unpaired) electrons. The Kier molecular flexibility index (Phi) is 12.1. The number of rotatable bonds is 10. The minimum atomic E-state index is 0.304. The zero-order valence-electron chi connectivity index (χ0n) is 14.8. The molecular weight excluding hydrogens is 481 g/mol. The molecule has 0 amide bonds. The molecule has 3 heteroatoms. The SMILES string of the molecule is CCCC/C=C(\I)B(/C(I)=C/CCCC)C(C)(C)C(C)C. The third-order valence-corrected chi connectivity index (χ3v) is 6.70. The minimum absolute atomic E-state index is 0.304. The summed E-state index contributed by atoms with van der Waals surface area (Å²) >= 11 is 5.19. The summed E-state index contributed by atoms with van der Waals surface area (Å²) < 4.78 is 3.08. The van der Waals surface area contributed by atoms with Crippen molar-refractivity contribution in [1.29, 1.82) is 0 Å². The molecule has 0 fully saturated rings. The molecule has 0 aliphatic rings. The van der Waals surface area contributed by atoms with E-state index in [0.29, 0.717) is 17.9 Å². The van der Waals surface area contributed by atoms with Gasteiger partial charge in [0.15, 0.2) is 0 Å². The van der Waals surface area contributed by atoms with Gasteiger partial charge in [0.05, 0.1) is 0 Å². The van der Waals surface area contributed by atoms with Crippen molar-refractivity contribution >= 4 is 51.9 Å². The smallest absolute Gasteiger partial charge is 0.0837 e. The van der Waals surface area contributed by atoms with Gasteiger partial charge in [-0.15, -0.1) is 0 Å². The van der Waals surface area contributed by atoms with Gasteiger partial charge in [0.2, 0.25) is 6.71 Å². The van der Waals surface area contributed by atoms with Crippen molar-refractivity contribution in [2.45, 2.75) is 85.4 Å². The Labute approximate surface area is 161 Å². The van der Waals surface area contributed by atoms with Crippen LogP contribution in [0.3, 0.4) is 0 Å². The van der Waals surface area contributed by atoms with Crippen LogP contribution in [0, 0.1) is 5.92 Å². The standard InChI is InChI=1S/C18H33BI2/c1-7-9-11-13-16(20)19(18(5,6)15(3)4)17(21)14-12-10-8-2/h13-15H,7-12H2,1-6H3/b16-13-,17-14-. The molecule has 0 unspecified atom stereocenters. The van der Waals surface area contributed by atoms with Gasteiger partial charge in [-0.1, -0.05) is 125 Å². The van der Waals surface area contributed by atoms with E-state index in [1.165, 1.54) is 45.5 Å². The molecule has 0 saturated heterocycles. The van der Waals surface area contributed by atoms with Gasteiger partial charge in [-0.3, -0.25) is 0 Å². The Balaban J connectivity index is 5.28. The van der Waals surface area contributed by atoms with E-state index < -0.39 is 0 Å². The number of hydrogen-bond donors (Lipinski definition) is 0. The number of hydrogen-bond acceptors (Lipinski definition) is 0. The summed E-state index contributed by atoms with van der Waals surface area (Å²) in [6.07, 6.45) is 12.6. The van der Waals surface area contributed by atoms with Crippen LogP contribution in [-0.2, 0) is 0 Å². The summed E-state index contributed by atoms with van der Waals surface area (Å²) in [4.78, 5) is 0. The van der Waals surface area contributed by atoms with Crippen molar-refractivity contribution in [2.24, 2.45) is 5.92 Å². The van der Waals surface area contributed by atoms with Crippen molar-refractivity contribution < 1.29 is 0 Å². The molecule has 0 saturated carbocycles. The normalized spacial score (nSPS) is 14.0. The molecule has 0 bridgehead atoms. The van der Waals surface area contributed by atoms with Gasteiger partial charge in [-0.25, -0.2) is 0 Å². The van der Waals surface area contributed by atoms with E-state index in [0.717, 1.165) is 0 Å². The second-order valence-corrected chi connectivity index (χ2v) is 9.36. The van der Waals surface area contributed by atoms with Crippen LogP contribution in [0.25, 0.3) is 0 Å². The van der Waals surface area contributed by atoms with Crippen molar-refractivity contribution in [3.8, 4) is 0 Å². The number of unbranched alkanes of at least 4 members (excludes halogenated alkanes) is 4. The number of halogens is 2. The first-order valence-electron chi connectivity index (χ1n) is 8.50. The maximum atomic E-state index is 2.59. The van der Waals surface area contributed by atoms with Crippen molar-refractivity contribution in [3.63, 3.8) is 0 Å². The molecule has 0 aliphatic heterocycles. The molecule has 0 atom stereocenters. The highest BCUT2D eigenvalue weighted by atomic mass is 127. The largest absolute Gasteiger partial charge is 0.230 e. The van der Waals surface area contributed by atoms with Crippen molar-refractivity contribution in [1.82, 2.24) is 0 Å². The molecule has 122 valence electrons. The van der Waals surface area contributed by atoms with Crippen molar-refractivity contribution in [2.75, 3.05) is 0 Å². The zero-order valence-corrected chi connectivity index (χ0v) is 19.1. The van der Waals surface area contributed by atoms with Crippen LogP contribution in [0.5, 0.6) is 0 Å². The van der Waals surface area contributed by atoms with Crippen LogP contribution < -0.4 is 0 Å². The summed E-state index contributed by atoms with van der Waals surface area (Å²) in [6, 6.07) is 0. The predicted octanol–water partition coefficient (Wildman–Crippen LogP) is 8.01. The lowest BCUT2D eigenvalue weighted by Gasteiger charge is -2.36. The third-order valence-electron chi connectivity index (χ3n) is 4.58. The lowest BCUT2D eigenvalue weighted by Crippen LogP contribution is -2.33. The van der Waals surface area contributed by atoms with Crippen LogP contribution in [-0.4, -0.2) is 6.71 Å². The Morgan fingerprint density at radius 3 is 1.62 bits per heavy atom.